The fraction of sp³-hybridized carbons (Fsp3) is 0.294. The molecule has 0 saturated heterocycles. The molecule has 1 aliphatic heterocycles. The Bertz CT molecular complexity index is 730. The highest BCUT2D eigenvalue weighted by Crippen LogP contribution is 2.33. The number of nitrogens with one attached hydrogen (secondary N) is 1. The summed E-state index contributed by atoms with van der Waals surface area (Å²) in [7, 11) is 1.61. The first-order valence-corrected chi connectivity index (χ1v) is 8.46. The minimum atomic E-state index is -0.225. The van der Waals surface area contributed by atoms with Gasteiger partial charge < -0.3 is 19.7 Å². The lowest BCUT2D eigenvalue weighted by Crippen LogP contribution is -2.38. The van der Waals surface area contributed by atoms with Crippen molar-refractivity contribution in [3.05, 3.63) is 46.2 Å². The summed E-state index contributed by atoms with van der Waals surface area (Å²) < 4.78 is 11.1. The van der Waals surface area contributed by atoms with E-state index in [2.05, 4.69) is 5.32 Å². The van der Waals surface area contributed by atoms with Crippen molar-refractivity contribution in [3.63, 3.8) is 0 Å². The van der Waals surface area contributed by atoms with Crippen molar-refractivity contribution in [3.8, 4) is 11.5 Å². The Hall–Kier alpha value is -2.54. The third kappa shape index (κ3) is 3.68. The van der Waals surface area contributed by atoms with Crippen LogP contribution in [-0.2, 0) is 11.3 Å². The number of amides is 2. The molecular formula is C17H18N2O4S. The zero-order valence-electron chi connectivity index (χ0n) is 13.3. The lowest BCUT2D eigenvalue weighted by Gasteiger charge is -2.21. The first-order chi connectivity index (χ1) is 11.6. The van der Waals surface area contributed by atoms with Crippen molar-refractivity contribution in [2.75, 3.05) is 26.8 Å². The summed E-state index contributed by atoms with van der Waals surface area (Å²) in [6.45, 7) is 1.35. The molecule has 0 bridgehead atoms. The van der Waals surface area contributed by atoms with Crippen LogP contribution in [0.1, 0.15) is 15.2 Å². The molecule has 0 atom stereocenters. The molecule has 126 valence electrons. The Morgan fingerprint density at radius 1 is 1.21 bits per heavy atom. The topological polar surface area (TPSA) is 67.9 Å². The second kappa shape index (κ2) is 7.35. The third-order valence-electron chi connectivity index (χ3n) is 3.58. The summed E-state index contributed by atoms with van der Waals surface area (Å²) in [5.74, 6) is 0.982. The van der Waals surface area contributed by atoms with Crippen LogP contribution in [0, 0.1) is 0 Å². The largest absolute Gasteiger partial charge is 0.486 e. The number of likely N-dealkylation sites (N-methyl/N-ethyl adjacent to an activating group) is 1. The predicted molar refractivity (Wildman–Crippen MR) is 90.6 cm³/mol. The Kier molecular flexibility index (Phi) is 5.00. The van der Waals surface area contributed by atoms with Crippen molar-refractivity contribution in [2.24, 2.45) is 0 Å². The van der Waals surface area contributed by atoms with Gasteiger partial charge in [0.05, 0.1) is 11.4 Å². The number of thiophene rings is 1. The van der Waals surface area contributed by atoms with Crippen LogP contribution < -0.4 is 14.8 Å². The molecule has 0 radical (unpaired) electrons. The van der Waals surface area contributed by atoms with Gasteiger partial charge in [-0.3, -0.25) is 9.59 Å². The van der Waals surface area contributed by atoms with Crippen molar-refractivity contribution >= 4 is 23.2 Å². The van der Waals surface area contributed by atoms with Gasteiger partial charge in [0.1, 0.15) is 13.2 Å². The maximum atomic E-state index is 12.1. The quantitative estimate of drug-likeness (QED) is 0.898. The maximum absolute atomic E-state index is 12.1. The van der Waals surface area contributed by atoms with Crippen LogP contribution >= 0.6 is 11.3 Å². The van der Waals surface area contributed by atoms with Gasteiger partial charge in [0.15, 0.2) is 11.5 Å². The van der Waals surface area contributed by atoms with Gasteiger partial charge in [-0.2, -0.15) is 0 Å². The van der Waals surface area contributed by atoms with E-state index < -0.39 is 0 Å². The van der Waals surface area contributed by atoms with Gasteiger partial charge in [0.25, 0.3) is 5.91 Å². The molecule has 1 aromatic heterocycles. The van der Waals surface area contributed by atoms with Crippen molar-refractivity contribution in [1.82, 2.24) is 10.2 Å². The molecule has 24 heavy (non-hydrogen) atoms. The number of hydrogen-bond acceptors (Lipinski definition) is 5. The molecule has 0 saturated carbocycles. The molecule has 0 spiro atoms. The highest BCUT2D eigenvalue weighted by Gasteiger charge is 2.18. The Morgan fingerprint density at radius 3 is 2.83 bits per heavy atom. The second-order valence-electron chi connectivity index (χ2n) is 5.36. The van der Waals surface area contributed by atoms with Crippen LogP contribution in [0.15, 0.2) is 35.7 Å². The summed E-state index contributed by atoms with van der Waals surface area (Å²) in [6.07, 6.45) is 0. The van der Waals surface area contributed by atoms with Crippen LogP contribution in [0.2, 0.25) is 0 Å². The number of carbonyl (C=O) groups excluding carboxylic acids is 2. The average molecular weight is 346 g/mol. The average Bonchev–Trinajstić information content (AvgIpc) is 3.13. The number of rotatable bonds is 5. The van der Waals surface area contributed by atoms with Crippen LogP contribution in [0.25, 0.3) is 0 Å². The molecule has 1 aromatic carbocycles. The molecule has 0 unspecified atom stereocenters. The molecule has 0 fully saturated rings. The van der Waals surface area contributed by atoms with E-state index in [9.17, 15) is 9.59 Å². The summed E-state index contributed by atoms with van der Waals surface area (Å²) >= 11 is 1.36. The first kappa shape index (κ1) is 16.3. The summed E-state index contributed by atoms with van der Waals surface area (Å²) in [6, 6.07) is 9.14. The fourth-order valence-corrected chi connectivity index (χ4v) is 3.12. The number of fused-ring (bicyclic) bond motifs is 1. The standard InChI is InChI=1S/C17H18N2O4S/c1-19(17(21)14-6-3-9-24-14)11-15(20)18-10-12-4-2-5-13-16(12)23-8-7-22-13/h2-6,9H,7-8,10-11H2,1H3,(H,18,20). The van der Waals surface area contributed by atoms with Gasteiger partial charge in [-0.15, -0.1) is 11.3 Å². The van der Waals surface area contributed by atoms with E-state index in [4.69, 9.17) is 9.47 Å². The second-order valence-corrected chi connectivity index (χ2v) is 6.30. The highest BCUT2D eigenvalue weighted by atomic mass is 32.1. The smallest absolute Gasteiger partial charge is 0.264 e. The molecule has 2 amide bonds. The molecule has 6 nitrogen and oxygen atoms in total. The normalized spacial score (nSPS) is 12.5. The van der Waals surface area contributed by atoms with Crippen LogP contribution in [0.3, 0.4) is 0 Å². The maximum Gasteiger partial charge on any atom is 0.264 e. The molecule has 2 heterocycles. The zero-order valence-corrected chi connectivity index (χ0v) is 14.1. The minimum absolute atomic E-state index is 0.00309. The molecule has 0 aliphatic carbocycles. The van der Waals surface area contributed by atoms with Crippen LogP contribution in [-0.4, -0.2) is 43.5 Å². The number of benzene rings is 1. The van der Waals surface area contributed by atoms with Crippen molar-refractivity contribution < 1.29 is 19.1 Å². The Labute approximate surface area is 144 Å². The van der Waals surface area contributed by atoms with Gasteiger partial charge in [0.2, 0.25) is 5.91 Å². The summed E-state index contributed by atoms with van der Waals surface area (Å²) in [5, 5.41) is 4.65. The number of nitrogens with zero attached hydrogens (tertiary/aromatic N) is 1. The Balaban J connectivity index is 1.55. The lowest BCUT2D eigenvalue weighted by molar-refractivity contribution is -0.121. The number of hydrogen-bond donors (Lipinski definition) is 1. The van der Waals surface area contributed by atoms with E-state index in [1.165, 1.54) is 16.2 Å². The lowest BCUT2D eigenvalue weighted by atomic mass is 10.1. The molecule has 3 rings (SSSR count). The molecule has 2 aromatic rings. The van der Waals surface area contributed by atoms with Gasteiger partial charge in [-0.25, -0.2) is 0 Å². The van der Waals surface area contributed by atoms with E-state index in [1.807, 2.05) is 29.6 Å². The molecular weight excluding hydrogens is 328 g/mol. The molecule has 1 N–H and O–H groups in total. The van der Waals surface area contributed by atoms with Crippen molar-refractivity contribution in [2.45, 2.75) is 6.54 Å². The van der Waals surface area contributed by atoms with Gasteiger partial charge in [-0.1, -0.05) is 18.2 Å². The van der Waals surface area contributed by atoms with E-state index in [0.717, 1.165) is 5.56 Å². The first-order valence-electron chi connectivity index (χ1n) is 7.58. The van der Waals surface area contributed by atoms with E-state index >= 15 is 0 Å². The summed E-state index contributed by atoms with van der Waals surface area (Å²) in [5.41, 5.74) is 0.854. The van der Waals surface area contributed by atoms with Crippen LogP contribution in [0.5, 0.6) is 11.5 Å². The predicted octanol–water partition coefficient (Wildman–Crippen LogP) is 1.91. The highest BCUT2D eigenvalue weighted by molar-refractivity contribution is 7.12. The third-order valence-corrected chi connectivity index (χ3v) is 4.44. The van der Waals surface area contributed by atoms with E-state index in [0.29, 0.717) is 36.1 Å². The van der Waals surface area contributed by atoms with E-state index in [-0.39, 0.29) is 18.4 Å². The summed E-state index contributed by atoms with van der Waals surface area (Å²) in [4.78, 5) is 26.2. The van der Waals surface area contributed by atoms with E-state index in [1.54, 1.807) is 13.1 Å². The molecule has 1 aliphatic rings. The monoisotopic (exact) mass is 346 g/mol. The number of carbonyl (C=O) groups is 2. The van der Waals surface area contributed by atoms with Gasteiger partial charge in [0, 0.05) is 19.2 Å². The van der Waals surface area contributed by atoms with Gasteiger partial charge in [-0.05, 0) is 17.5 Å². The zero-order chi connectivity index (χ0) is 16.9. The number of ether oxygens (including phenoxy) is 2. The van der Waals surface area contributed by atoms with Crippen LogP contribution in [0.4, 0.5) is 0 Å². The Morgan fingerprint density at radius 2 is 2.04 bits per heavy atom. The minimum Gasteiger partial charge on any atom is -0.486 e. The van der Waals surface area contributed by atoms with Gasteiger partial charge >= 0.3 is 0 Å². The fourth-order valence-electron chi connectivity index (χ4n) is 2.40. The SMILES string of the molecule is CN(CC(=O)NCc1cccc2c1OCCO2)C(=O)c1cccs1. The molecule has 7 heteroatoms. The van der Waals surface area contributed by atoms with Crippen molar-refractivity contribution in [1.29, 1.82) is 0 Å². The number of para-hydroxylation sites is 1.